The first-order valence-corrected chi connectivity index (χ1v) is 13.0. The van der Waals surface area contributed by atoms with E-state index in [1.807, 2.05) is 31.2 Å². The smallest absolute Gasteiger partial charge is 0.270 e. The van der Waals surface area contributed by atoms with Crippen LogP contribution < -0.4 is 5.32 Å². The van der Waals surface area contributed by atoms with Gasteiger partial charge in [-0.3, -0.25) is 9.59 Å². The van der Waals surface area contributed by atoms with Crippen molar-refractivity contribution >= 4 is 27.5 Å². The van der Waals surface area contributed by atoms with Crippen LogP contribution in [0.5, 0.6) is 0 Å². The van der Waals surface area contributed by atoms with Gasteiger partial charge in [-0.2, -0.15) is 4.31 Å². The molecule has 178 valence electrons. The highest BCUT2D eigenvalue weighted by Crippen LogP contribution is 2.26. The largest absolute Gasteiger partial charge is 0.356 e. The van der Waals surface area contributed by atoms with Gasteiger partial charge in [0.25, 0.3) is 5.91 Å². The predicted molar refractivity (Wildman–Crippen MR) is 126 cm³/mol. The molecule has 1 aromatic carbocycles. The van der Waals surface area contributed by atoms with Crippen LogP contribution in [0.25, 0.3) is 0 Å². The first-order chi connectivity index (χ1) is 15.7. The van der Waals surface area contributed by atoms with Crippen LogP contribution >= 0.6 is 0 Å². The van der Waals surface area contributed by atoms with E-state index in [1.165, 1.54) is 16.6 Å². The summed E-state index contributed by atoms with van der Waals surface area (Å²) in [5, 5.41) is 2.89. The molecule has 1 aromatic heterocycles. The molecule has 1 atom stereocenters. The first kappa shape index (κ1) is 23.5. The third-order valence-corrected chi connectivity index (χ3v) is 8.51. The summed E-state index contributed by atoms with van der Waals surface area (Å²) in [6.45, 7) is 6.00. The fourth-order valence-electron chi connectivity index (χ4n) is 4.43. The second kappa shape index (κ2) is 9.69. The van der Waals surface area contributed by atoms with E-state index < -0.39 is 15.9 Å². The number of aryl methyl sites for hydroxylation is 1. The summed E-state index contributed by atoms with van der Waals surface area (Å²) >= 11 is 0. The summed E-state index contributed by atoms with van der Waals surface area (Å²) in [4.78, 5) is 30.2. The number of carbonyl (C=O) groups excluding carboxylic acids is 2. The number of H-pyrrole nitrogens is 1. The summed E-state index contributed by atoms with van der Waals surface area (Å²) in [5.41, 5.74) is 2.09. The lowest BCUT2D eigenvalue weighted by Crippen LogP contribution is -2.43. The number of nitrogens with one attached hydrogen (secondary N) is 2. The Hall–Kier alpha value is -2.65. The van der Waals surface area contributed by atoms with E-state index >= 15 is 0 Å². The number of amides is 2. The summed E-state index contributed by atoms with van der Waals surface area (Å²) in [6, 6.07) is 8.94. The van der Waals surface area contributed by atoms with Gasteiger partial charge in [-0.25, -0.2) is 8.42 Å². The molecule has 0 spiro atoms. The minimum absolute atomic E-state index is 0.0656. The molecule has 2 aliphatic heterocycles. The van der Waals surface area contributed by atoms with Gasteiger partial charge >= 0.3 is 0 Å². The number of nitrogens with zero attached hydrogens (tertiary/aromatic N) is 2. The quantitative estimate of drug-likeness (QED) is 0.697. The minimum Gasteiger partial charge on any atom is -0.356 e. The molecule has 2 N–H and O–H groups in total. The molecule has 2 fully saturated rings. The molecule has 0 radical (unpaired) electrons. The Balaban J connectivity index is 1.42. The lowest BCUT2D eigenvalue weighted by molar-refractivity contribution is -0.120. The Morgan fingerprint density at radius 2 is 1.76 bits per heavy atom. The highest BCUT2D eigenvalue weighted by Gasteiger charge is 2.34. The molecule has 2 amide bonds. The number of hydrogen-bond acceptors (Lipinski definition) is 4. The van der Waals surface area contributed by atoms with Gasteiger partial charge in [-0.15, -0.1) is 0 Å². The number of rotatable bonds is 5. The molecular weight excluding hydrogens is 440 g/mol. The van der Waals surface area contributed by atoms with Gasteiger partial charge in [0.1, 0.15) is 10.6 Å². The van der Waals surface area contributed by atoms with Crippen molar-refractivity contribution in [2.45, 2.75) is 44.4 Å². The van der Waals surface area contributed by atoms with E-state index in [-0.39, 0.29) is 28.9 Å². The maximum Gasteiger partial charge on any atom is 0.270 e. The van der Waals surface area contributed by atoms with Gasteiger partial charge in [0.2, 0.25) is 15.9 Å². The van der Waals surface area contributed by atoms with Crippen molar-refractivity contribution in [3.8, 4) is 0 Å². The van der Waals surface area contributed by atoms with E-state index in [1.54, 1.807) is 4.90 Å². The van der Waals surface area contributed by atoms with Crippen LogP contribution in [0.15, 0.2) is 41.4 Å². The number of sulfonamides is 1. The Morgan fingerprint density at radius 1 is 1.06 bits per heavy atom. The van der Waals surface area contributed by atoms with Crippen LogP contribution in [0.2, 0.25) is 0 Å². The van der Waals surface area contributed by atoms with Gasteiger partial charge in [0.05, 0.1) is 5.92 Å². The lowest BCUT2D eigenvalue weighted by atomic mass is 9.98. The zero-order chi connectivity index (χ0) is 23.6. The van der Waals surface area contributed by atoms with Crippen molar-refractivity contribution in [2.24, 2.45) is 11.8 Å². The van der Waals surface area contributed by atoms with Gasteiger partial charge < -0.3 is 15.2 Å². The number of likely N-dealkylation sites (tertiary alicyclic amines) is 1. The maximum absolute atomic E-state index is 13.3. The number of benzene rings is 1. The molecule has 0 aliphatic carbocycles. The molecule has 33 heavy (non-hydrogen) atoms. The SMILES string of the molecule is Cc1ccc(NC(=O)[C@@H]2CCCN(S(=O)(=O)c3c[nH]c(C(=O)N4CCC(C)CC4)c3)C2)cc1. The van der Waals surface area contributed by atoms with Gasteiger partial charge in [-0.1, -0.05) is 24.6 Å². The highest BCUT2D eigenvalue weighted by atomic mass is 32.2. The second-order valence-electron chi connectivity index (χ2n) is 9.28. The van der Waals surface area contributed by atoms with E-state index in [4.69, 9.17) is 0 Å². The summed E-state index contributed by atoms with van der Waals surface area (Å²) in [7, 11) is -3.81. The lowest BCUT2D eigenvalue weighted by Gasteiger charge is -2.31. The fourth-order valence-corrected chi connectivity index (χ4v) is 5.95. The molecule has 4 rings (SSSR count). The summed E-state index contributed by atoms with van der Waals surface area (Å²) in [5.74, 6) is -0.172. The van der Waals surface area contributed by atoms with E-state index in [0.29, 0.717) is 44.1 Å². The Labute approximate surface area is 195 Å². The molecule has 0 bridgehead atoms. The zero-order valence-electron chi connectivity index (χ0n) is 19.2. The summed E-state index contributed by atoms with van der Waals surface area (Å²) < 4.78 is 27.9. The number of carbonyl (C=O) groups is 2. The maximum atomic E-state index is 13.3. The molecule has 0 saturated carbocycles. The van der Waals surface area contributed by atoms with Gasteiger partial charge in [0.15, 0.2) is 0 Å². The Bertz CT molecular complexity index is 1100. The number of anilines is 1. The van der Waals surface area contributed by atoms with Gasteiger partial charge in [-0.05, 0) is 56.7 Å². The van der Waals surface area contributed by atoms with Crippen LogP contribution in [-0.4, -0.2) is 60.6 Å². The molecule has 2 saturated heterocycles. The average Bonchev–Trinajstić information content (AvgIpc) is 3.32. The predicted octanol–water partition coefficient (Wildman–Crippen LogP) is 3.23. The van der Waals surface area contributed by atoms with Crippen LogP contribution in [0.1, 0.15) is 48.7 Å². The zero-order valence-corrected chi connectivity index (χ0v) is 20.0. The number of aromatic amines is 1. The molecule has 2 aliphatic rings. The monoisotopic (exact) mass is 472 g/mol. The van der Waals surface area contributed by atoms with Crippen molar-refractivity contribution in [3.05, 3.63) is 47.8 Å². The molecular formula is C24H32N4O4S. The van der Waals surface area contributed by atoms with Crippen molar-refractivity contribution < 1.29 is 18.0 Å². The van der Waals surface area contributed by atoms with Crippen molar-refractivity contribution in [1.29, 1.82) is 0 Å². The second-order valence-corrected chi connectivity index (χ2v) is 11.2. The normalized spacial score (nSPS) is 20.5. The van der Waals surface area contributed by atoms with Gasteiger partial charge in [0, 0.05) is 38.1 Å². The Morgan fingerprint density at radius 3 is 2.45 bits per heavy atom. The van der Waals surface area contributed by atoms with Crippen LogP contribution in [0.4, 0.5) is 5.69 Å². The van der Waals surface area contributed by atoms with Crippen LogP contribution in [0.3, 0.4) is 0 Å². The van der Waals surface area contributed by atoms with E-state index in [0.717, 1.165) is 18.4 Å². The molecule has 9 heteroatoms. The van der Waals surface area contributed by atoms with Crippen molar-refractivity contribution in [2.75, 3.05) is 31.5 Å². The topological polar surface area (TPSA) is 103 Å². The van der Waals surface area contributed by atoms with E-state index in [9.17, 15) is 18.0 Å². The average molecular weight is 473 g/mol. The number of aromatic nitrogens is 1. The Kier molecular flexibility index (Phi) is 6.90. The molecule has 3 heterocycles. The van der Waals surface area contributed by atoms with Crippen LogP contribution in [-0.2, 0) is 14.8 Å². The van der Waals surface area contributed by atoms with Crippen molar-refractivity contribution in [1.82, 2.24) is 14.2 Å². The number of hydrogen-bond donors (Lipinski definition) is 2. The molecule has 2 aromatic rings. The molecule has 8 nitrogen and oxygen atoms in total. The standard InChI is InChI=1S/C24H32N4O4S/c1-17-5-7-20(8-6-17)26-23(29)19-4-3-11-28(16-19)33(31,32)21-14-22(25-15-21)24(30)27-12-9-18(2)10-13-27/h5-8,14-15,18-19,25H,3-4,9-13,16H2,1-2H3,(H,26,29)/t19-/m1/s1. The first-order valence-electron chi connectivity index (χ1n) is 11.6. The van der Waals surface area contributed by atoms with E-state index in [2.05, 4.69) is 17.2 Å². The minimum atomic E-state index is -3.81. The number of piperidine rings is 2. The molecule has 0 unspecified atom stereocenters. The highest BCUT2D eigenvalue weighted by molar-refractivity contribution is 7.89. The fraction of sp³-hybridized carbons (Fsp3) is 0.500. The third-order valence-electron chi connectivity index (χ3n) is 6.67. The van der Waals surface area contributed by atoms with Crippen LogP contribution in [0, 0.1) is 18.8 Å². The third kappa shape index (κ3) is 5.30. The summed E-state index contributed by atoms with van der Waals surface area (Å²) in [6.07, 6.45) is 4.53. The van der Waals surface area contributed by atoms with Crippen molar-refractivity contribution in [3.63, 3.8) is 0 Å².